The van der Waals surface area contributed by atoms with Gasteiger partial charge in [-0.25, -0.2) is 0 Å². The van der Waals surface area contributed by atoms with Gasteiger partial charge in [0.25, 0.3) is 0 Å². The minimum atomic E-state index is 0.694. The molecule has 0 bridgehead atoms. The summed E-state index contributed by atoms with van der Waals surface area (Å²) in [5, 5.41) is 3.47. The summed E-state index contributed by atoms with van der Waals surface area (Å²) in [6.45, 7) is 14.5. The van der Waals surface area contributed by atoms with Gasteiger partial charge in [-0.1, -0.05) is 0 Å². The van der Waals surface area contributed by atoms with Gasteiger partial charge in [0.1, 0.15) is 0 Å². The topological polar surface area (TPSA) is 21.8 Å². The lowest BCUT2D eigenvalue weighted by Crippen LogP contribution is -2.56. The Bertz CT molecular complexity index is 226. The Balaban J connectivity index is 1.72. The van der Waals surface area contributed by atoms with Gasteiger partial charge in [-0.3, -0.25) is 9.80 Å². The molecule has 0 spiro atoms. The minimum absolute atomic E-state index is 0.694. The Labute approximate surface area is 112 Å². The van der Waals surface area contributed by atoms with Crippen molar-refractivity contribution in [3.8, 4) is 0 Å². The first-order valence-corrected chi connectivity index (χ1v) is 7.54. The number of rotatable bonds is 3. The number of nitrogens with one attached hydrogen (secondary N) is 1. The Hall–Kier alpha value is -0.160. The standard InChI is InChI=1S/C14H30N4/c1-13-11-18(12-14(2)16(13)3)10-9-17-7-4-5-15-6-8-17/h13-15H,4-12H2,1-3H3. The predicted octanol–water partition coefficient (Wildman–Crippen LogP) is 0.306. The number of hydrogen-bond acceptors (Lipinski definition) is 4. The van der Waals surface area contributed by atoms with Gasteiger partial charge in [-0.15, -0.1) is 0 Å². The van der Waals surface area contributed by atoms with E-state index in [-0.39, 0.29) is 0 Å². The Morgan fingerprint density at radius 2 is 1.61 bits per heavy atom. The molecule has 2 fully saturated rings. The van der Waals surface area contributed by atoms with E-state index in [2.05, 4.69) is 40.9 Å². The highest BCUT2D eigenvalue weighted by molar-refractivity contribution is 4.83. The maximum atomic E-state index is 3.47. The van der Waals surface area contributed by atoms with Crippen LogP contribution in [0.2, 0.25) is 0 Å². The van der Waals surface area contributed by atoms with Crippen molar-refractivity contribution in [3.05, 3.63) is 0 Å². The van der Waals surface area contributed by atoms with Crippen molar-refractivity contribution in [1.82, 2.24) is 20.0 Å². The van der Waals surface area contributed by atoms with Crippen LogP contribution in [0.3, 0.4) is 0 Å². The van der Waals surface area contributed by atoms with Crippen LogP contribution in [0.25, 0.3) is 0 Å². The summed E-state index contributed by atoms with van der Waals surface area (Å²) >= 11 is 0. The number of hydrogen-bond donors (Lipinski definition) is 1. The first kappa shape index (κ1) is 14.3. The highest BCUT2D eigenvalue weighted by Gasteiger charge is 2.26. The molecule has 0 aromatic carbocycles. The molecule has 0 aliphatic carbocycles. The molecule has 4 nitrogen and oxygen atoms in total. The van der Waals surface area contributed by atoms with Gasteiger partial charge in [-0.2, -0.15) is 0 Å². The molecule has 2 unspecified atom stereocenters. The van der Waals surface area contributed by atoms with Gasteiger partial charge in [0.05, 0.1) is 0 Å². The molecule has 106 valence electrons. The highest BCUT2D eigenvalue weighted by atomic mass is 15.3. The van der Waals surface area contributed by atoms with Crippen LogP contribution in [-0.2, 0) is 0 Å². The molecule has 0 amide bonds. The second kappa shape index (κ2) is 6.85. The molecule has 0 saturated carbocycles. The van der Waals surface area contributed by atoms with Crippen molar-refractivity contribution in [2.24, 2.45) is 0 Å². The van der Waals surface area contributed by atoms with E-state index in [0.29, 0.717) is 12.1 Å². The fraction of sp³-hybridized carbons (Fsp3) is 1.00. The average Bonchev–Trinajstić information content (AvgIpc) is 2.61. The lowest BCUT2D eigenvalue weighted by molar-refractivity contribution is 0.0540. The second-order valence-electron chi connectivity index (χ2n) is 6.07. The third kappa shape index (κ3) is 3.92. The minimum Gasteiger partial charge on any atom is -0.315 e. The zero-order valence-corrected chi connectivity index (χ0v) is 12.4. The molecule has 18 heavy (non-hydrogen) atoms. The smallest absolute Gasteiger partial charge is 0.0195 e. The third-order valence-electron chi connectivity index (χ3n) is 4.60. The van der Waals surface area contributed by atoms with Crippen LogP contribution in [0.1, 0.15) is 20.3 Å². The van der Waals surface area contributed by atoms with Gasteiger partial charge in [0, 0.05) is 51.4 Å². The highest BCUT2D eigenvalue weighted by Crippen LogP contribution is 2.13. The number of likely N-dealkylation sites (N-methyl/N-ethyl adjacent to an activating group) is 1. The van der Waals surface area contributed by atoms with Crippen molar-refractivity contribution in [3.63, 3.8) is 0 Å². The van der Waals surface area contributed by atoms with Gasteiger partial charge in [0.2, 0.25) is 0 Å². The summed E-state index contributed by atoms with van der Waals surface area (Å²) < 4.78 is 0. The molecule has 2 heterocycles. The molecule has 4 heteroatoms. The first-order valence-electron chi connectivity index (χ1n) is 7.54. The number of nitrogens with zero attached hydrogens (tertiary/aromatic N) is 3. The summed E-state index contributed by atoms with van der Waals surface area (Å²) in [4.78, 5) is 7.77. The van der Waals surface area contributed by atoms with Gasteiger partial charge < -0.3 is 10.2 Å². The van der Waals surface area contributed by atoms with Crippen LogP contribution < -0.4 is 5.32 Å². The molecule has 2 aliphatic heterocycles. The van der Waals surface area contributed by atoms with Crippen molar-refractivity contribution < 1.29 is 0 Å². The van der Waals surface area contributed by atoms with E-state index in [1.54, 1.807) is 0 Å². The van der Waals surface area contributed by atoms with Gasteiger partial charge in [-0.05, 0) is 40.4 Å². The Morgan fingerprint density at radius 1 is 0.944 bits per heavy atom. The maximum Gasteiger partial charge on any atom is 0.0195 e. The molecule has 2 rings (SSSR count). The molecule has 0 aromatic heterocycles. The van der Waals surface area contributed by atoms with E-state index in [9.17, 15) is 0 Å². The zero-order chi connectivity index (χ0) is 13.0. The fourth-order valence-electron chi connectivity index (χ4n) is 3.10. The van der Waals surface area contributed by atoms with Gasteiger partial charge in [0.15, 0.2) is 0 Å². The van der Waals surface area contributed by atoms with Crippen molar-refractivity contribution in [1.29, 1.82) is 0 Å². The van der Waals surface area contributed by atoms with E-state index < -0.39 is 0 Å². The summed E-state index contributed by atoms with van der Waals surface area (Å²) in [7, 11) is 2.26. The Kier molecular flexibility index (Phi) is 5.42. The van der Waals surface area contributed by atoms with Crippen LogP contribution in [0.4, 0.5) is 0 Å². The predicted molar refractivity (Wildman–Crippen MR) is 77.1 cm³/mol. The normalized spacial score (nSPS) is 33.5. The molecular weight excluding hydrogens is 224 g/mol. The van der Waals surface area contributed by atoms with E-state index in [0.717, 1.165) is 6.54 Å². The van der Waals surface area contributed by atoms with E-state index >= 15 is 0 Å². The molecule has 2 aliphatic rings. The SMILES string of the molecule is CC1CN(CCN2CCCNCC2)CC(C)N1C. The van der Waals surface area contributed by atoms with Crippen LogP contribution in [0.15, 0.2) is 0 Å². The van der Waals surface area contributed by atoms with E-state index in [1.165, 1.54) is 52.2 Å². The van der Waals surface area contributed by atoms with Crippen LogP contribution in [0.5, 0.6) is 0 Å². The third-order valence-corrected chi connectivity index (χ3v) is 4.60. The molecular formula is C14H30N4. The fourth-order valence-corrected chi connectivity index (χ4v) is 3.10. The summed E-state index contributed by atoms with van der Waals surface area (Å²) in [6, 6.07) is 1.39. The monoisotopic (exact) mass is 254 g/mol. The lowest BCUT2D eigenvalue weighted by Gasteiger charge is -2.43. The van der Waals surface area contributed by atoms with Crippen LogP contribution >= 0.6 is 0 Å². The van der Waals surface area contributed by atoms with Crippen LogP contribution in [-0.4, -0.2) is 86.2 Å². The van der Waals surface area contributed by atoms with Crippen LogP contribution in [0, 0.1) is 0 Å². The second-order valence-corrected chi connectivity index (χ2v) is 6.07. The molecule has 2 saturated heterocycles. The molecule has 1 N–H and O–H groups in total. The summed E-state index contributed by atoms with van der Waals surface area (Å²) in [5.74, 6) is 0. The molecule has 0 radical (unpaired) electrons. The largest absolute Gasteiger partial charge is 0.315 e. The zero-order valence-electron chi connectivity index (χ0n) is 12.4. The average molecular weight is 254 g/mol. The van der Waals surface area contributed by atoms with Crippen molar-refractivity contribution in [2.75, 3.05) is 59.4 Å². The first-order chi connectivity index (χ1) is 8.66. The van der Waals surface area contributed by atoms with Crippen molar-refractivity contribution >= 4 is 0 Å². The van der Waals surface area contributed by atoms with E-state index in [4.69, 9.17) is 0 Å². The summed E-state index contributed by atoms with van der Waals surface area (Å²) in [6.07, 6.45) is 1.30. The quantitative estimate of drug-likeness (QED) is 0.782. The Morgan fingerprint density at radius 3 is 2.33 bits per heavy atom. The van der Waals surface area contributed by atoms with Gasteiger partial charge >= 0.3 is 0 Å². The molecule has 2 atom stereocenters. The molecule has 0 aromatic rings. The lowest BCUT2D eigenvalue weighted by atomic mass is 10.1. The number of piperazine rings is 1. The summed E-state index contributed by atoms with van der Waals surface area (Å²) in [5.41, 5.74) is 0. The van der Waals surface area contributed by atoms with E-state index in [1.807, 2.05) is 0 Å². The van der Waals surface area contributed by atoms with Crippen molar-refractivity contribution in [2.45, 2.75) is 32.4 Å². The maximum absolute atomic E-state index is 3.47.